The van der Waals surface area contributed by atoms with Gasteiger partial charge in [-0.25, -0.2) is 9.97 Å². The molecule has 3 nitrogen and oxygen atoms in total. The average molecular weight is 270 g/mol. The number of aromatic nitrogens is 2. The molecule has 0 aliphatic heterocycles. The van der Waals surface area contributed by atoms with Gasteiger partial charge in [-0.3, -0.25) is 0 Å². The molecule has 106 valence electrons. The first kappa shape index (κ1) is 14.7. The Labute approximate surface area is 120 Å². The predicted molar refractivity (Wildman–Crippen MR) is 81.6 cm³/mol. The zero-order valence-electron chi connectivity index (χ0n) is 12.4. The molecule has 20 heavy (non-hydrogen) atoms. The van der Waals surface area contributed by atoms with Crippen LogP contribution >= 0.6 is 0 Å². The van der Waals surface area contributed by atoms with Crippen molar-refractivity contribution in [2.24, 2.45) is 0 Å². The average Bonchev–Trinajstić information content (AvgIpc) is 2.45. The summed E-state index contributed by atoms with van der Waals surface area (Å²) in [5.74, 6) is 0. The first-order chi connectivity index (χ1) is 9.50. The molecule has 0 radical (unpaired) electrons. The lowest BCUT2D eigenvalue weighted by molar-refractivity contribution is 0.288. The predicted octanol–water partition coefficient (Wildman–Crippen LogP) is 3.37. The van der Waals surface area contributed by atoms with Crippen molar-refractivity contribution < 1.29 is 5.11 Å². The molecule has 0 fully saturated rings. The Morgan fingerprint density at radius 1 is 1.10 bits per heavy atom. The Bertz CT molecular complexity index is 573. The SMILES string of the molecule is CC(C)(C)c1cccc(-c2cc(CCCO)ncn2)c1. The fourth-order valence-corrected chi connectivity index (χ4v) is 2.10. The number of aliphatic hydroxyl groups is 1. The van der Waals surface area contributed by atoms with Gasteiger partial charge >= 0.3 is 0 Å². The molecule has 0 bridgehead atoms. The molecule has 0 amide bonds. The van der Waals surface area contributed by atoms with Crippen LogP contribution in [0.3, 0.4) is 0 Å². The summed E-state index contributed by atoms with van der Waals surface area (Å²) in [6.45, 7) is 6.81. The molecule has 0 unspecified atom stereocenters. The third-order valence-corrected chi connectivity index (χ3v) is 3.34. The molecule has 3 heteroatoms. The van der Waals surface area contributed by atoms with Gasteiger partial charge in [-0.15, -0.1) is 0 Å². The summed E-state index contributed by atoms with van der Waals surface area (Å²) in [4.78, 5) is 8.62. The van der Waals surface area contributed by atoms with E-state index in [1.54, 1.807) is 6.33 Å². The van der Waals surface area contributed by atoms with E-state index in [0.29, 0.717) is 0 Å². The molecular formula is C17H22N2O. The van der Waals surface area contributed by atoms with Crippen LogP contribution in [0, 0.1) is 0 Å². The summed E-state index contributed by atoms with van der Waals surface area (Å²) < 4.78 is 0. The van der Waals surface area contributed by atoms with E-state index in [0.717, 1.165) is 29.8 Å². The second-order valence-corrected chi connectivity index (χ2v) is 6.05. The third kappa shape index (κ3) is 3.64. The Hall–Kier alpha value is -1.74. The van der Waals surface area contributed by atoms with Crippen molar-refractivity contribution in [2.75, 3.05) is 6.61 Å². The minimum atomic E-state index is 0.128. The molecule has 0 spiro atoms. The highest BCUT2D eigenvalue weighted by atomic mass is 16.2. The number of rotatable bonds is 4. The van der Waals surface area contributed by atoms with E-state index in [1.807, 2.05) is 6.07 Å². The van der Waals surface area contributed by atoms with E-state index in [9.17, 15) is 0 Å². The molecular weight excluding hydrogens is 248 g/mol. The highest BCUT2D eigenvalue weighted by Gasteiger charge is 2.14. The van der Waals surface area contributed by atoms with Gasteiger partial charge in [0, 0.05) is 17.9 Å². The monoisotopic (exact) mass is 270 g/mol. The van der Waals surface area contributed by atoms with Gasteiger partial charge in [-0.05, 0) is 36.0 Å². The minimum Gasteiger partial charge on any atom is -0.396 e. The van der Waals surface area contributed by atoms with E-state index < -0.39 is 0 Å². The van der Waals surface area contributed by atoms with Crippen molar-refractivity contribution in [1.82, 2.24) is 9.97 Å². The topological polar surface area (TPSA) is 46.0 Å². The van der Waals surface area contributed by atoms with Gasteiger partial charge in [0.1, 0.15) is 6.33 Å². The lowest BCUT2D eigenvalue weighted by Gasteiger charge is -2.19. The molecule has 0 aliphatic carbocycles. The first-order valence-corrected chi connectivity index (χ1v) is 7.03. The van der Waals surface area contributed by atoms with Gasteiger partial charge in [0.2, 0.25) is 0 Å². The number of aliphatic hydroxyl groups excluding tert-OH is 1. The Morgan fingerprint density at radius 2 is 1.90 bits per heavy atom. The Balaban J connectivity index is 2.32. The van der Waals surface area contributed by atoms with Crippen molar-refractivity contribution in [3.63, 3.8) is 0 Å². The van der Waals surface area contributed by atoms with Crippen LogP contribution in [0.1, 0.15) is 38.4 Å². The summed E-state index contributed by atoms with van der Waals surface area (Å²) in [6, 6.07) is 10.5. The largest absolute Gasteiger partial charge is 0.396 e. The van der Waals surface area contributed by atoms with Crippen molar-refractivity contribution in [2.45, 2.75) is 39.0 Å². The standard InChI is InChI=1S/C17H22N2O/c1-17(2,3)14-7-4-6-13(10-14)16-11-15(8-5-9-20)18-12-19-16/h4,6-7,10-12,20H,5,8-9H2,1-3H3. The van der Waals surface area contributed by atoms with Crippen LogP contribution in [0.25, 0.3) is 11.3 Å². The molecule has 0 saturated carbocycles. The van der Waals surface area contributed by atoms with Gasteiger partial charge in [-0.1, -0.05) is 39.0 Å². The molecule has 1 aromatic heterocycles. The number of aryl methyl sites for hydroxylation is 1. The molecule has 0 saturated heterocycles. The number of hydrogen-bond acceptors (Lipinski definition) is 3. The smallest absolute Gasteiger partial charge is 0.116 e. The van der Waals surface area contributed by atoms with Crippen LogP contribution in [0.15, 0.2) is 36.7 Å². The molecule has 0 aliphatic rings. The summed E-state index contributed by atoms with van der Waals surface area (Å²) in [6.07, 6.45) is 3.12. The Morgan fingerprint density at radius 3 is 2.60 bits per heavy atom. The lowest BCUT2D eigenvalue weighted by Crippen LogP contribution is -2.10. The molecule has 0 atom stereocenters. The fourth-order valence-electron chi connectivity index (χ4n) is 2.10. The second-order valence-electron chi connectivity index (χ2n) is 6.05. The Kier molecular flexibility index (Phi) is 4.50. The number of nitrogens with zero attached hydrogens (tertiary/aromatic N) is 2. The molecule has 1 heterocycles. The molecule has 2 aromatic rings. The zero-order valence-corrected chi connectivity index (χ0v) is 12.4. The van der Waals surface area contributed by atoms with E-state index in [1.165, 1.54) is 5.56 Å². The minimum absolute atomic E-state index is 0.128. The molecule has 1 N–H and O–H groups in total. The van der Waals surface area contributed by atoms with Crippen molar-refractivity contribution in [3.8, 4) is 11.3 Å². The van der Waals surface area contributed by atoms with Gasteiger partial charge in [-0.2, -0.15) is 0 Å². The lowest BCUT2D eigenvalue weighted by atomic mass is 9.86. The van der Waals surface area contributed by atoms with Crippen molar-refractivity contribution >= 4 is 0 Å². The third-order valence-electron chi connectivity index (χ3n) is 3.34. The maximum Gasteiger partial charge on any atom is 0.116 e. The maximum atomic E-state index is 8.90. The van der Waals surface area contributed by atoms with Crippen molar-refractivity contribution in [1.29, 1.82) is 0 Å². The quantitative estimate of drug-likeness (QED) is 0.926. The van der Waals surface area contributed by atoms with Crippen LogP contribution in [0.2, 0.25) is 0 Å². The number of hydrogen-bond donors (Lipinski definition) is 1. The highest BCUT2D eigenvalue weighted by molar-refractivity contribution is 5.60. The van der Waals surface area contributed by atoms with Crippen LogP contribution in [-0.4, -0.2) is 21.7 Å². The molecule has 2 rings (SSSR count). The van der Waals surface area contributed by atoms with E-state index in [-0.39, 0.29) is 12.0 Å². The molecule has 1 aromatic carbocycles. The first-order valence-electron chi connectivity index (χ1n) is 7.03. The van der Waals surface area contributed by atoms with E-state index in [2.05, 4.69) is 55.0 Å². The highest BCUT2D eigenvalue weighted by Crippen LogP contribution is 2.26. The summed E-state index contributed by atoms with van der Waals surface area (Å²) in [5.41, 5.74) is 4.46. The zero-order chi connectivity index (χ0) is 14.6. The van der Waals surface area contributed by atoms with E-state index >= 15 is 0 Å². The van der Waals surface area contributed by atoms with Crippen LogP contribution in [0.4, 0.5) is 0 Å². The summed E-state index contributed by atoms with van der Waals surface area (Å²) in [7, 11) is 0. The van der Waals surface area contributed by atoms with Crippen LogP contribution in [-0.2, 0) is 11.8 Å². The van der Waals surface area contributed by atoms with Crippen LogP contribution in [0.5, 0.6) is 0 Å². The summed E-state index contributed by atoms with van der Waals surface area (Å²) in [5, 5.41) is 8.90. The van der Waals surface area contributed by atoms with Gasteiger partial charge < -0.3 is 5.11 Å². The van der Waals surface area contributed by atoms with Gasteiger partial charge in [0.25, 0.3) is 0 Å². The van der Waals surface area contributed by atoms with Crippen LogP contribution < -0.4 is 0 Å². The number of benzene rings is 1. The van der Waals surface area contributed by atoms with Crippen molar-refractivity contribution in [3.05, 3.63) is 47.9 Å². The van der Waals surface area contributed by atoms with Gasteiger partial charge in [0.05, 0.1) is 5.69 Å². The normalized spacial score (nSPS) is 11.6. The second kappa shape index (κ2) is 6.14. The maximum absolute atomic E-state index is 8.90. The van der Waals surface area contributed by atoms with Gasteiger partial charge in [0.15, 0.2) is 0 Å². The fraction of sp³-hybridized carbons (Fsp3) is 0.412. The summed E-state index contributed by atoms with van der Waals surface area (Å²) >= 11 is 0. The van der Waals surface area contributed by atoms with E-state index in [4.69, 9.17) is 5.11 Å².